The van der Waals surface area contributed by atoms with Gasteiger partial charge in [-0.05, 0) is 45.4 Å². The summed E-state index contributed by atoms with van der Waals surface area (Å²) >= 11 is 0. The Kier molecular flexibility index (Phi) is 4.99. The molecule has 1 aliphatic rings. The number of hydrogen-bond acceptors (Lipinski definition) is 3. The highest BCUT2D eigenvalue weighted by Gasteiger charge is 2.33. The molecule has 102 valence electrons. The highest BCUT2D eigenvalue weighted by Crippen LogP contribution is 2.35. The van der Waals surface area contributed by atoms with Gasteiger partial charge in [-0.2, -0.15) is 0 Å². The highest BCUT2D eigenvalue weighted by atomic mass is 16.5. The Morgan fingerprint density at radius 3 is 2.47 bits per heavy atom. The largest absolute Gasteiger partial charge is 0.374 e. The first kappa shape index (κ1) is 14.9. The molecule has 1 fully saturated rings. The van der Waals surface area contributed by atoms with Crippen molar-refractivity contribution in [2.75, 3.05) is 13.2 Å². The average Bonchev–Trinajstić information content (AvgIpc) is 2.16. The minimum Gasteiger partial charge on any atom is -0.374 e. The first-order chi connectivity index (χ1) is 7.70. The molecule has 1 saturated carbocycles. The summed E-state index contributed by atoms with van der Waals surface area (Å²) in [5.74, 6) is 0. The lowest BCUT2D eigenvalue weighted by molar-refractivity contribution is -0.0729. The summed E-state index contributed by atoms with van der Waals surface area (Å²) in [6.07, 6.45) is 3.52. The Labute approximate surface area is 106 Å². The van der Waals surface area contributed by atoms with Crippen LogP contribution in [0.2, 0.25) is 0 Å². The predicted octanol–water partition coefficient (Wildman–Crippen LogP) is 2.72. The molecule has 0 saturated heterocycles. The van der Waals surface area contributed by atoms with Crippen molar-refractivity contribution < 1.29 is 9.47 Å². The van der Waals surface area contributed by atoms with Crippen molar-refractivity contribution in [1.29, 1.82) is 0 Å². The zero-order valence-electron chi connectivity index (χ0n) is 12.1. The van der Waals surface area contributed by atoms with Crippen LogP contribution in [0.25, 0.3) is 0 Å². The lowest BCUT2D eigenvalue weighted by atomic mass is 9.74. The van der Waals surface area contributed by atoms with Crippen molar-refractivity contribution in [1.82, 2.24) is 0 Å². The van der Waals surface area contributed by atoms with E-state index in [1.165, 1.54) is 6.42 Å². The van der Waals surface area contributed by atoms with E-state index in [4.69, 9.17) is 15.2 Å². The zero-order chi connectivity index (χ0) is 13.1. The third-order valence-corrected chi connectivity index (χ3v) is 3.34. The summed E-state index contributed by atoms with van der Waals surface area (Å²) in [6, 6.07) is 0.192. The van der Waals surface area contributed by atoms with Crippen LogP contribution in [0, 0.1) is 5.41 Å². The van der Waals surface area contributed by atoms with Crippen LogP contribution in [-0.4, -0.2) is 31.0 Å². The molecule has 0 amide bonds. The second-order valence-electron chi connectivity index (χ2n) is 6.94. The number of hydrogen-bond donors (Lipinski definition) is 1. The molecule has 0 bridgehead atoms. The Bertz CT molecular complexity index is 233. The van der Waals surface area contributed by atoms with Crippen LogP contribution < -0.4 is 5.73 Å². The molecule has 2 unspecified atom stereocenters. The fourth-order valence-electron chi connectivity index (χ4n) is 2.27. The monoisotopic (exact) mass is 243 g/mol. The smallest absolute Gasteiger partial charge is 0.0732 e. The van der Waals surface area contributed by atoms with Gasteiger partial charge < -0.3 is 15.2 Å². The Morgan fingerprint density at radius 1 is 1.24 bits per heavy atom. The first-order valence-corrected chi connectivity index (χ1v) is 6.71. The highest BCUT2D eigenvalue weighted by molar-refractivity contribution is 4.87. The minimum atomic E-state index is -0.0860. The molecule has 0 aliphatic heterocycles. The lowest BCUT2D eigenvalue weighted by Crippen LogP contribution is -2.45. The van der Waals surface area contributed by atoms with Crippen LogP contribution in [0.3, 0.4) is 0 Å². The van der Waals surface area contributed by atoms with E-state index in [9.17, 15) is 0 Å². The fraction of sp³-hybridized carbons (Fsp3) is 1.00. The van der Waals surface area contributed by atoms with Gasteiger partial charge in [0.05, 0.1) is 24.9 Å². The van der Waals surface area contributed by atoms with E-state index in [2.05, 4.69) is 34.6 Å². The van der Waals surface area contributed by atoms with Crippen LogP contribution in [-0.2, 0) is 9.47 Å². The first-order valence-electron chi connectivity index (χ1n) is 6.71. The molecule has 0 radical (unpaired) electrons. The van der Waals surface area contributed by atoms with E-state index < -0.39 is 0 Å². The van der Waals surface area contributed by atoms with E-state index in [1.807, 2.05) is 0 Å². The molecule has 0 spiro atoms. The van der Waals surface area contributed by atoms with Gasteiger partial charge in [0.2, 0.25) is 0 Å². The van der Waals surface area contributed by atoms with Crippen molar-refractivity contribution >= 4 is 0 Å². The van der Waals surface area contributed by atoms with Gasteiger partial charge in [0.25, 0.3) is 0 Å². The Hall–Kier alpha value is -0.120. The molecule has 3 heteroatoms. The molecular formula is C14H29NO2. The van der Waals surface area contributed by atoms with Gasteiger partial charge in [0.1, 0.15) is 0 Å². The number of ether oxygens (including phenoxy) is 2. The van der Waals surface area contributed by atoms with Crippen LogP contribution in [0.1, 0.15) is 53.9 Å². The average molecular weight is 243 g/mol. The predicted molar refractivity (Wildman–Crippen MR) is 71.1 cm³/mol. The second kappa shape index (κ2) is 5.68. The fourth-order valence-corrected chi connectivity index (χ4v) is 2.27. The number of rotatable bonds is 4. The summed E-state index contributed by atoms with van der Waals surface area (Å²) in [7, 11) is 0. The SMILES string of the molecule is CC1(C)CCC(N)C(OCCOC(C)(C)C)C1. The molecule has 0 aromatic carbocycles. The normalized spacial score (nSPS) is 29.3. The van der Waals surface area contributed by atoms with E-state index in [0.29, 0.717) is 18.6 Å². The third kappa shape index (κ3) is 5.84. The molecule has 17 heavy (non-hydrogen) atoms. The summed E-state index contributed by atoms with van der Waals surface area (Å²) in [5, 5.41) is 0. The van der Waals surface area contributed by atoms with Gasteiger partial charge in [0.15, 0.2) is 0 Å². The van der Waals surface area contributed by atoms with Gasteiger partial charge >= 0.3 is 0 Å². The molecule has 1 aliphatic carbocycles. The van der Waals surface area contributed by atoms with Crippen LogP contribution >= 0.6 is 0 Å². The topological polar surface area (TPSA) is 44.5 Å². The van der Waals surface area contributed by atoms with E-state index in [0.717, 1.165) is 12.8 Å². The summed E-state index contributed by atoms with van der Waals surface area (Å²) < 4.78 is 11.5. The van der Waals surface area contributed by atoms with E-state index in [-0.39, 0.29) is 17.7 Å². The zero-order valence-corrected chi connectivity index (χ0v) is 12.1. The maximum atomic E-state index is 6.10. The van der Waals surface area contributed by atoms with Crippen molar-refractivity contribution in [3.63, 3.8) is 0 Å². The van der Waals surface area contributed by atoms with Gasteiger partial charge in [-0.15, -0.1) is 0 Å². The summed E-state index contributed by atoms with van der Waals surface area (Å²) in [6.45, 7) is 12.0. The van der Waals surface area contributed by atoms with Crippen LogP contribution in [0.15, 0.2) is 0 Å². The van der Waals surface area contributed by atoms with Crippen molar-refractivity contribution in [3.8, 4) is 0 Å². The summed E-state index contributed by atoms with van der Waals surface area (Å²) in [4.78, 5) is 0. The van der Waals surface area contributed by atoms with Gasteiger partial charge in [-0.1, -0.05) is 13.8 Å². The summed E-state index contributed by atoms with van der Waals surface area (Å²) in [5.41, 5.74) is 6.38. The number of nitrogens with two attached hydrogens (primary N) is 1. The Balaban J connectivity index is 2.26. The molecule has 2 atom stereocenters. The van der Waals surface area contributed by atoms with E-state index in [1.54, 1.807) is 0 Å². The van der Waals surface area contributed by atoms with Crippen LogP contribution in [0.5, 0.6) is 0 Å². The molecular weight excluding hydrogens is 214 g/mol. The van der Waals surface area contributed by atoms with Crippen molar-refractivity contribution in [3.05, 3.63) is 0 Å². The van der Waals surface area contributed by atoms with Crippen LogP contribution in [0.4, 0.5) is 0 Å². The van der Waals surface area contributed by atoms with E-state index >= 15 is 0 Å². The van der Waals surface area contributed by atoms with Crippen molar-refractivity contribution in [2.45, 2.75) is 71.6 Å². The molecule has 0 heterocycles. The second-order valence-corrected chi connectivity index (χ2v) is 6.94. The van der Waals surface area contributed by atoms with Crippen molar-refractivity contribution in [2.24, 2.45) is 11.1 Å². The molecule has 0 aromatic heterocycles. The molecule has 2 N–H and O–H groups in total. The molecule has 0 aromatic rings. The third-order valence-electron chi connectivity index (χ3n) is 3.34. The quantitative estimate of drug-likeness (QED) is 0.772. The maximum absolute atomic E-state index is 6.10. The minimum absolute atomic E-state index is 0.0860. The maximum Gasteiger partial charge on any atom is 0.0732 e. The van der Waals surface area contributed by atoms with Gasteiger partial charge in [-0.25, -0.2) is 0 Å². The lowest BCUT2D eigenvalue weighted by Gasteiger charge is -2.39. The standard InChI is InChI=1S/C14H29NO2/c1-13(2,3)17-9-8-16-12-10-14(4,5)7-6-11(12)15/h11-12H,6-10,15H2,1-5H3. The van der Waals surface area contributed by atoms with Gasteiger partial charge in [-0.3, -0.25) is 0 Å². The molecule has 3 nitrogen and oxygen atoms in total. The Morgan fingerprint density at radius 2 is 1.88 bits per heavy atom. The van der Waals surface area contributed by atoms with Gasteiger partial charge in [0, 0.05) is 6.04 Å². The molecule has 1 rings (SSSR count).